The maximum absolute atomic E-state index is 12.2. The number of nitrogens with zero attached hydrogens (tertiary/aromatic N) is 4. The average Bonchev–Trinajstić information content (AvgIpc) is 3.17. The van der Waals surface area contributed by atoms with E-state index in [1.165, 1.54) is 7.11 Å². The first-order valence-electron chi connectivity index (χ1n) is 8.71. The van der Waals surface area contributed by atoms with E-state index in [2.05, 4.69) is 30.5 Å². The van der Waals surface area contributed by atoms with Crippen LogP contribution in [-0.4, -0.2) is 41.2 Å². The van der Waals surface area contributed by atoms with Crippen LogP contribution in [0.25, 0.3) is 0 Å². The van der Waals surface area contributed by atoms with Gasteiger partial charge in [-0.2, -0.15) is 15.0 Å². The number of aromatic nitrogens is 3. The predicted molar refractivity (Wildman–Crippen MR) is 99.6 cm³/mol. The molecule has 0 aliphatic carbocycles. The van der Waals surface area contributed by atoms with E-state index in [0.29, 0.717) is 11.8 Å². The van der Waals surface area contributed by atoms with Crippen molar-refractivity contribution in [1.82, 2.24) is 20.3 Å². The van der Waals surface area contributed by atoms with E-state index in [1.54, 1.807) is 0 Å². The number of amides is 2. The number of aryl methyl sites for hydroxylation is 2. The molecule has 1 aliphatic rings. The lowest BCUT2D eigenvalue weighted by Crippen LogP contribution is -2.30. The second-order valence-corrected chi connectivity index (χ2v) is 6.36. The van der Waals surface area contributed by atoms with E-state index in [-0.39, 0.29) is 18.6 Å². The van der Waals surface area contributed by atoms with Gasteiger partial charge in [0.15, 0.2) is 5.82 Å². The molecule has 26 heavy (non-hydrogen) atoms. The molecule has 1 fully saturated rings. The SMILES string of the molecule is COc1nc(CNC(=O)Nc2ccc(C)cc2C)nc(N2CCCC2)n1. The summed E-state index contributed by atoms with van der Waals surface area (Å²) in [5.74, 6) is 1.07. The van der Waals surface area contributed by atoms with Crippen molar-refractivity contribution in [1.29, 1.82) is 0 Å². The summed E-state index contributed by atoms with van der Waals surface area (Å²) >= 11 is 0. The van der Waals surface area contributed by atoms with Crippen molar-refractivity contribution < 1.29 is 9.53 Å². The average molecular weight is 356 g/mol. The number of carbonyl (C=O) groups excluding carboxylic acids is 1. The van der Waals surface area contributed by atoms with Gasteiger partial charge in [0.1, 0.15) is 0 Å². The first-order chi connectivity index (χ1) is 12.5. The molecule has 1 aromatic heterocycles. The standard InChI is InChI=1S/C18H24N6O2/c1-12-6-7-14(13(2)10-12)20-17(25)19-11-15-21-16(23-18(22-15)26-3)24-8-4-5-9-24/h6-7,10H,4-5,8-9,11H2,1-3H3,(H2,19,20,25). The van der Waals surface area contributed by atoms with Crippen molar-refractivity contribution in [2.24, 2.45) is 0 Å². The molecule has 2 N–H and O–H groups in total. The van der Waals surface area contributed by atoms with Gasteiger partial charge in [-0.05, 0) is 38.3 Å². The van der Waals surface area contributed by atoms with Crippen LogP contribution < -0.4 is 20.3 Å². The number of carbonyl (C=O) groups is 1. The van der Waals surface area contributed by atoms with E-state index < -0.39 is 0 Å². The summed E-state index contributed by atoms with van der Waals surface area (Å²) in [6.07, 6.45) is 2.25. The minimum atomic E-state index is -0.306. The van der Waals surface area contributed by atoms with Gasteiger partial charge in [-0.1, -0.05) is 17.7 Å². The fourth-order valence-corrected chi connectivity index (χ4v) is 2.89. The Balaban J connectivity index is 1.64. The lowest BCUT2D eigenvalue weighted by Gasteiger charge is -2.16. The zero-order valence-electron chi connectivity index (χ0n) is 15.4. The van der Waals surface area contributed by atoms with Crippen LogP contribution in [0.15, 0.2) is 18.2 Å². The molecule has 0 atom stereocenters. The fourth-order valence-electron chi connectivity index (χ4n) is 2.89. The van der Waals surface area contributed by atoms with Crippen molar-refractivity contribution in [2.75, 3.05) is 30.4 Å². The monoisotopic (exact) mass is 356 g/mol. The van der Waals surface area contributed by atoms with Crippen molar-refractivity contribution in [3.8, 4) is 6.01 Å². The number of hydrogen-bond acceptors (Lipinski definition) is 6. The number of benzene rings is 1. The molecule has 2 aromatic rings. The zero-order valence-corrected chi connectivity index (χ0v) is 15.4. The van der Waals surface area contributed by atoms with E-state index in [4.69, 9.17) is 4.74 Å². The third kappa shape index (κ3) is 4.38. The van der Waals surface area contributed by atoms with Gasteiger partial charge in [0, 0.05) is 18.8 Å². The minimum Gasteiger partial charge on any atom is -0.467 e. The van der Waals surface area contributed by atoms with E-state index >= 15 is 0 Å². The molecule has 0 radical (unpaired) electrons. The van der Waals surface area contributed by atoms with Crippen molar-refractivity contribution in [3.05, 3.63) is 35.2 Å². The summed E-state index contributed by atoms with van der Waals surface area (Å²) in [4.78, 5) is 27.3. The van der Waals surface area contributed by atoms with Gasteiger partial charge in [0.25, 0.3) is 0 Å². The lowest BCUT2D eigenvalue weighted by molar-refractivity contribution is 0.251. The molecule has 8 nitrogen and oxygen atoms in total. The first-order valence-corrected chi connectivity index (χ1v) is 8.71. The molecule has 1 saturated heterocycles. The fraction of sp³-hybridized carbons (Fsp3) is 0.444. The second kappa shape index (κ2) is 7.99. The number of urea groups is 1. The van der Waals surface area contributed by atoms with Gasteiger partial charge in [-0.15, -0.1) is 0 Å². The summed E-state index contributed by atoms with van der Waals surface area (Å²) in [6, 6.07) is 5.82. The second-order valence-electron chi connectivity index (χ2n) is 6.36. The highest BCUT2D eigenvalue weighted by atomic mass is 16.5. The minimum absolute atomic E-state index is 0.191. The molecular formula is C18H24N6O2. The molecular weight excluding hydrogens is 332 g/mol. The first kappa shape index (κ1) is 17.9. The van der Waals surface area contributed by atoms with Crippen LogP contribution in [0.5, 0.6) is 6.01 Å². The third-order valence-electron chi connectivity index (χ3n) is 4.26. The summed E-state index contributed by atoms with van der Waals surface area (Å²) < 4.78 is 5.17. The highest BCUT2D eigenvalue weighted by Gasteiger charge is 2.18. The third-order valence-corrected chi connectivity index (χ3v) is 4.26. The molecule has 2 amide bonds. The van der Waals surface area contributed by atoms with Gasteiger partial charge in [0.2, 0.25) is 5.95 Å². The van der Waals surface area contributed by atoms with E-state index in [1.807, 2.05) is 32.0 Å². The molecule has 0 spiro atoms. The van der Waals surface area contributed by atoms with Crippen molar-refractivity contribution in [3.63, 3.8) is 0 Å². The lowest BCUT2D eigenvalue weighted by atomic mass is 10.1. The van der Waals surface area contributed by atoms with Gasteiger partial charge in [-0.25, -0.2) is 4.79 Å². The van der Waals surface area contributed by atoms with Gasteiger partial charge in [0.05, 0.1) is 13.7 Å². The Hall–Kier alpha value is -2.90. The van der Waals surface area contributed by atoms with Crippen molar-refractivity contribution in [2.45, 2.75) is 33.2 Å². The number of anilines is 2. The molecule has 3 rings (SSSR count). The van der Waals surface area contributed by atoms with Gasteiger partial charge < -0.3 is 20.3 Å². The Kier molecular flexibility index (Phi) is 5.50. The maximum atomic E-state index is 12.2. The molecule has 1 aromatic carbocycles. The summed E-state index contributed by atoms with van der Waals surface area (Å²) in [5, 5.41) is 5.62. The predicted octanol–water partition coefficient (Wildman–Crippen LogP) is 2.42. The van der Waals surface area contributed by atoms with Crippen LogP contribution in [0.1, 0.15) is 29.8 Å². The normalized spacial score (nSPS) is 13.6. The Morgan fingerprint density at radius 3 is 2.65 bits per heavy atom. The van der Waals surface area contributed by atoms with Gasteiger partial charge >= 0.3 is 12.0 Å². The zero-order chi connectivity index (χ0) is 18.5. The maximum Gasteiger partial charge on any atom is 0.321 e. The topological polar surface area (TPSA) is 92.3 Å². The van der Waals surface area contributed by atoms with Crippen LogP contribution in [0.2, 0.25) is 0 Å². The van der Waals surface area contributed by atoms with Crippen LogP contribution in [0, 0.1) is 13.8 Å². The number of rotatable bonds is 5. The number of methoxy groups -OCH3 is 1. The molecule has 0 bridgehead atoms. The highest BCUT2D eigenvalue weighted by Crippen LogP contribution is 2.18. The summed E-state index contributed by atoms with van der Waals surface area (Å²) in [5.41, 5.74) is 2.94. The molecule has 2 heterocycles. The molecule has 8 heteroatoms. The molecule has 1 aliphatic heterocycles. The quantitative estimate of drug-likeness (QED) is 0.855. The molecule has 0 saturated carbocycles. The number of hydrogen-bond donors (Lipinski definition) is 2. The highest BCUT2D eigenvalue weighted by molar-refractivity contribution is 5.90. The summed E-state index contributed by atoms with van der Waals surface area (Å²) in [6.45, 7) is 6.02. The Bertz CT molecular complexity index is 789. The van der Waals surface area contributed by atoms with Crippen LogP contribution >= 0.6 is 0 Å². The Labute approximate surface area is 153 Å². The van der Waals surface area contributed by atoms with Crippen LogP contribution in [0.4, 0.5) is 16.4 Å². The number of nitrogens with one attached hydrogen (secondary N) is 2. The Morgan fingerprint density at radius 2 is 1.96 bits per heavy atom. The summed E-state index contributed by atoms with van der Waals surface area (Å²) in [7, 11) is 1.52. The van der Waals surface area contributed by atoms with Crippen LogP contribution in [-0.2, 0) is 6.54 Å². The van der Waals surface area contributed by atoms with Crippen molar-refractivity contribution >= 4 is 17.7 Å². The number of ether oxygens (including phenoxy) is 1. The largest absolute Gasteiger partial charge is 0.467 e. The smallest absolute Gasteiger partial charge is 0.321 e. The Morgan fingerprint density at radius 1 is 1.19 bits per heavy atom. The van der Waals surface area contributed by atoms with Crippen LogP contribution in [0.3, 0.4) is 0 Å². The molecule has 0 unspecified atom stereocenters. The van der Waals surface area contributed by atoms with E-state index in [0.717, 1.165) is 42.7 Å². The van der Waals surface area contributed by atoms with Gasteiger partial charge in [-0.3, -0.25) is 0 Å². The molecule has 138 valence electrons. The van der Waals surface area contributed by atoms with E-state index in [9.17, 15) is 4.79 Å².